The Hall–Kier alpha value is -9.14. The minimum atomic E-state index is -1.06. The predicted octanol–water partition coefficient (Wildman–Crippen LogP) is 7.19. The largest absolute Gasteiger partial charge is 0.479 e. The molecule has 0 aromatic carbocycles. The zero-order valence-corrected chi connectivity index (χ0v) is 54.7. The predicted molar refractivity (Wildman–Crippen MR) is 344 cm³/mol. The average Bonchev–Trinajstić information content (AvgIpc) is 1.79. The molecule has 8 aromatic rings. The minimum Gasteiger partial charge on any atom is -0.479 e. The third-order valence-corrected chi connectivity index (χ3v) is 16.9. The van der Waals surface area contributed by atoms with Crippen molar-refractivity contribution in [2.45, 2.75) is 114 Å². The summed E-state index contributed by atoms with van der Waals surface area (Å²) in [4.78, 5) is 43.2. The number of carbonyl (C=O) groups excluding carboxylic acids is 2. The number of carbonyl (C=O) groups is 3. The van der Waals surface area contributed by atoms with Crippen LogP contribution in [0.25, 0.3) is 22.1 Å². The van der Waals surface area contributed by atoms with Gasteiger partial charge in [-0.3, -0.25) is 4.79 Å². The number of esters is 1. The van der Waals surface area contributed by atoms with E-state index in [1.54, 1.807) is 54.4 Å². The number of likely N-dealkylation sites (tertiary alicyclic amines) is 2. The molecule has 5 aliphatic heterocycles. The fourth-order valence-electron chi connectivity index (χ4n) is 11.3. The molecule has 0 aliphatic carbocycles. The van der Waals surface area contributed by atoms with Gasteiger partial charge in [-0.2, -0.15) is 41.4 Å². The van der Waals surface area contributed by atoms with E-state index < -0.39 is 35.6 Å². The number of carboxylic acids is 1. The summed E-state index contributed by atoms with van der Waals surface area (Å²) in [6.07, 6.45) is 9.66. The number of piperidine rings is 2. The lowest BCUT2D eigenvalue weighted by atomic mass is 10.0. The number of aliphatic carboxylic acids is 1. The van der Waals surface area contributed by atoms with Crippen LogP contribution in [0, 0.1) is 62.8 Å². The van der Waals surface area contributed by atoms with Crippen LogP contribution in [0.15, 0.2) is 79.4 Å². The molecule has 31 heteroatoms. The molecule has 0 unspecified atom stereocenters. The number of nitrogens with two attached hydrogens (primary N) is 1. The van der Waals surface area contributed by atoms with E-state index >= 15 is 0 Å². The van der Waals surface area contributed by atoms with E-state index in [1.165, 1.54) is 69.3 Å². The van der Waals surface area contributed by atoms with E-state index in [0.29, 0.717) is 47.8 Å². The molecule has 502 valence electrons. The highest BCUT2D eigenvalue weighted by Gasteiger charge is 2.35. The smallest absolute Gasteiger partial charge is 0.334 e. The molecular weight excluding hydrogens is 1280 g/mol. The first-order valence-electron chi connectivity index (χ1n) is 30.6. The summed E-state index contributed by atoms with van der Waals surface area (Å²) in [7, 11) is 5.62. The monoisotopic (exact) mass is 1350 g/mol. The van der Waals surface area contributed by atoms with E-state index in [9.17, 15) is 32.8 Å². The minimum absolute atomic E-state index is 0.103. The molecule has 6 atom stereocenters. The van der Waals surface area contributed by atoms with Gasteiger partial charge < -0.3 is 54.7 Å². The molecule has 13 rings (SSSR count). The highest BCUT2D eigenvalue weighted by Crippen LogP contribution is 2.31. The second kappa shape index (κ2) is 33.3. The van der Waals surface area contributed by atoms with Gasteiger partial charge in [-0.1, -0.05) is 23.2 Å². The highest BCUT2D eigenvalue weighted by molar-refractivity contribution is 6.34. The number of anilines is 2. The summed E-state index contributed by atoms with van der Waals surface area (Å²) in [5.41, 5.74) is 9.28. The molecule has 13 heterocycles. The lowest BCUT2D eigenvalue weighted by Gasteiger charge is -2.38. The molecule has 5 fully saturated rings. The molecule has 5 aliphatic rings. The van der Waals surface area contributed by atoms with Crippen molar-refractivity contribution in [3.8, 4) is 24.3 Å². The van der Waals surface area contributed by atoms with E-state index in [1.807, 2.05) is 43.0 Å². The molecule has 4 N–H and O–H groups in total. The molecule has 0 saturated carbocycles. The SMILES string of the molecule is CN1CCC(N)CC1.COC(=O)[C@H]1CCC[C@@H](C)O1.C[C@@H]1CN(c2ccc(C#N)n3ncc(F)c23)C[C@H](C(=O)NC2CCN(C)CC2)O1.C[C@@H]1CN(c2ccc(C#N)n3ncc(F)c23)C[C@H](C(=O)O)O1.N#Cc1ccc(Cl)c2c(F)cnn12.N#Cc1ccc(Cl)c2ccnn12. The highest BCUT2D eigenvalue weighted by atomic mass is 35.5. The second-order valence-electron chi connectivity index (χ2n) is 23.3. The summed E-state index contributed by atoms with van der Waals surface area (Å²) in [6.45, 7) is 11.3. The Labute approximate surface area is 555 Å². The number of rotatable bonds is 6. The normalized spacial score (nSPS) is 20.8. The second-order valence-corrected chi connectivity index (χ2v) is 24.1. The van der Waals surface area contributed by atoms with Crippen molar-refractivity contribution in [1.82, 2.24) is 53.6 Å². The quantitative estimate of drug-likeness (QED) is 0.139. The molecule has 0 bridgehead atoms. The number of morpholine rings is 2. The first-order chi connectivity index (χ1) is 45.6. The zero-order chi connectivity index (χ0) is 68.6. The number of hydrogen-bond acceptors (Lipinski definition) is 20. The van der Waals surface area contributed by atoms with Crippen molar-refractivity contribution >= 4 is 74.5 Å². The van der Waals surface area contributed by atoms with Gasteiger partial charge in [-0.25, -0.2) is 40.8 Å². The van der Waals surface area contributed by atoms with Crippen LogP contribution in [0.5, 0.6) is 0 Å². The summed E-state index contributed by atoms with van der Waals surface area (Å²) in [5, 5.41) is 64.3. The van der Waals surface area contributed by atoms with E-state index in [4.69, 9.17) is 64.0 Å². The van der Waals surface area contributed by atoms with Crippen molar-refractivity contribution in [1.29, 1.82) is 21.0 Å². The molecule has 0 spiro atoms. The van der Waals surface area contributed by atoms with Gasteiger partial charge in [0.05, 0.1) is 90.2 Å². The van der Waals surface area contributed by atoms with Crippen LogP contribution in [0.2, 0.25) is 10.0 Å². The molecule has 1 amide bonds. The first kappa shape index (κ1) is 71.7. The number of nitriles is 4. The molecule has 5 saturated heterocycles. The van der Waals surface area contributed by atoms with Crippen molar-refractivity contribution in [3.63, 3.8) is 0 Å². The fraction of sp³-hybridized carbons (Fsp3) is 0.453. The molecule has 8 aromatic heterocycles. The van der Waals surface area contributed by atoms with Crippen LogP contribution in [0.4, 0.5) is 24.5 Å². The Kier molecular flexibility index (Phi) is 25.1. The van der Waals surface area contributed by atoms with Crippen LogP contribution in [-0.4, -0.2) is 193 Å². The molecular formula is C64H73Cl2F3N18O8. The van der Waals surface area contributed by atoms with Gasteiger partial charge >= 0.3 is 11.9 Å². The number of nitrogens with zero attached hydrogens (tertiary/aromatic N) is 16. The van der Waals surface area contributed by atoms with Crippen molar-refractivity contribution in [3.05, 3.63) is 130 Å². The summed E-state index contributed by atoms with van der Waals surface area (Å²) >= 11 is 11.6. The number of carboxylic acid groups (broad SMARTS) is 1. The third kappa shape index (κ3) is 18.0. The number of amides is 1. The third-order valence-electron chi connectivity index (χ3n) is 16.3. The van der Waals surface area contributed by atoms with Crippen LogP contribution in [0.1, 0.15) is 88.5 Å². The zero-order valence-electron chi connectivity index (χ0n) is 53.2. The molecule has 26 nitrogen and oxygen atoms in total. The Bertz CT molecular complexity index is 4150. The lowest BCUT2D eigenvalue weighted by Crippen LogP contribution is -2.55. The maximum absolute atomic E-state index is 14.4. The number of fused-ring (bicyclic) bond motifs is 4. The van der Waals surface area contributed by atoms with Gasteiger partial charge in [0.15, 0.2) is 35.8 Å². The van der Waals surface area contributed by atoms with Gasteiger partial charge in [-0.15, -0.1) is 0 Å². The summed E-state index contributed by atoms with van der Waals surface area (Å²) < 4.78 is 68.0. The standard InChI is InChI=1S/C20H25FN6O2.C14H13FN4O3.C8H3ClFN3.C8H4ClN3.C8H14O3.C6H14N2/c1-13-11-26(17-4-3-15(9-22)27-19(17)16(21)10-23-27)12-18(29-13)20(28)24-14-5-7-25(2)8-6-14;1-8-6-18(7-12(22-8)14(20)21)11-3-2-9(4-16)19-13(11)10(15)5-17-19;9-6-2-1-5(3-11)13-8(6)7(10)4-12-13;9-7-2-1-6(5-10)12-8(7)3-4-11-12;1-6-4-3-5-7(11-6)8(9)10-2;1-8-4-2-6(7)3-5-8/h3-4,10,13-14,18H,5-8,11-12H2,1-2H3,(H,24,28);2-3,5,8,12H,6-7H2,1H3,(H,20,21);1-2,4H;1-4H;6-7H,3-5H2,1-2H3;6H,2-5,7H2,1H3/t13-,18-;8-,12-;;;6-,7-;/m11..1./s1. The Morgan fingerprint density at radius 2 is 1.02 bits per heavy atom. The van der Waals surface area contributed by atoms with Gasteiger partial charge in [0.2, 0.25) is 0 Å². The van der Waals surface area contributed by atoms with Crippen LogP contribution < -0.4 is 20.9 Å². The van der Waals surface area contributed by atoms with Gasteiger partial charge in [0.25, 0.3) is 5.91 Å². The van der Waals surface area contributed by atoms with Crippen molar-refractivity contribution < 1.29 is 51.6 Å². The number of methoxy groups -OCH3 is 1. The number of pyridine rings is 4. The fourth-order valence-corrected chi connectivity index (χ4v) is 11.8. The molecule has 95 heavy (non-hydrogen) atoms. The van der Waals surface area contributed by atoms with E-state index in [0.717, 1.165) is 69.3 Å². The van der Waals surface area contributed by atoms with Gasteiger partial charge in [0.1, 0.15) is 63.6 Å². The lowest BCUT2D eigenvalue weighted by molar-refractivity contribution is -0.161. The number of halogens is 5. The van der Waals surface area contributed by atoms with Crippen molar-refractivity contribution in [2.75, 3.05) is 83.4 Å². The van der Waals surface area contributed by atoms with Crippen LogP contribution in [-0.2, 0) is 33.3 Å². The Morgan fingerprint density at radius 3 is 1.51 bits per heavy atom. The van der Waals surface area contributed by atoms with Gasteiger partial charge in [0, 0.05) is 25.2 Å². The van der Waals surface area contributed by atoms with Gasteiger partial charge in [-0.05, 0) is 161 Å². The van der Waals surface area contributed by atoms with Crippen molar-refractivity contribution in [2.24, 2.45) is 5.73 Å². The topological polar surface area (TPSA) is 324 Å². The number of aromatic nitrogens is 8. The van der Waals surface area contributed by atoms with Crippen LogP contribution in [0.3, 0.4) is 0 Å². The maximum atomic E-state index is 14.4. The van der Waals surface area contributed by atoms with E-state index in [2.05, 4.69) is 54.3 Å². The summed E-state index contributed by atoms with van der Waals surface area (Å²) in [5.74, 6) is -3.01. The Balaban J connectivity index is 0.000000155. The number of ether oxygens (including phenoxy) is 4. The maximum Gasteiger partial charge on any atom is 0.334 e. The van der Waals surface area contributed by atoms with Crippen LogP contribution >= 0.6 is 23.2 Å². The number of hydrogen-bond donors (Lipinski definition) is 3. The first-order valence-corrected chi connectivity index (χ1v) is 31.4. The molecule has 0 radical (unpaired) electrons. The summed E-state index contributed by atoms with van der Waals surface area (Å²) in [6, 6.07) is 23.0. The number of nitrogens with one attached hydrogen (secondary N) is 1. The Morgan fingerprint density at radius 1 is 0.579 bits per heavy atom. The van der Waals surface area contributed by atoms with E-state index in [-0.39, 0.29) is 87.5 Å². The average molecular weight is 1350 g/mol.